The summed E-state index contributed by atoms with van der Waals surface area (Å²) in [4.78, 5) is 11.7. The van der Waals surface area contributed by atoms with Gasteiger partial charge in [0.1, 0.15) is 0 Å². The molecule has 0 fully saturated rings. The molecule has 28 heavy (non-hydrogen) atoms. The monoisotopic (exact) mass is 482 g/mol. The van der Waals surface area contributed by atoms with Crippen LogP contribution in [-0.4, -0.2) is 26.8 Å². The molecule has 0 bridgehead atoms. The second-order valence-electron chi connectivity index (χ2n) is 9.08. The predicted molar refractivity (Wildman–Crippen MR) is 123 cm³/mol. The molecular formula is C22H48AsO4P. The Morgan fingerprint density at radius 1 is 0.643 bits per heavy atom. The molecule has 0 amide bonds. The van der Waals surface area contributed by atoms with Gasteiger partial charge < -0.3 is 0 Å². The van der Waals surface area contributed by atoms with Crippen LogP contribution in [0.2, 0.25) is 22.3 Å². The van der Waals surface area contributed by atoms with Gasteiger partial charge in [0, 0.05) is 0 Å². The van der Waals surface area contributed by atoms with Crippen molar-refractivity contribution in [1.29, 1.82) is 0 Å². The molecule has 0 aliphatic rings. The number of hydrogen-bond donors (Lipinski definition) is 0. The van der Waals surface area contributed by atoms with Crippen molar-refractivity contribution in [3.05, 3.63) is 0 Å². The van der Waals surface area contributed by atoms with E-state index in [1.807, 2.05) is 0 Å². The van der Waals surface area contributed by atoms with Crippen LogP contribution >= 0.6 is 7.82 Å². The number of unbranched alkanes of at least 4 members (excludes halogenated alkanes) is 14. The number of phosphoric ester groups is 1. The Balaban J connectivity index is 3.29. The molecule has 0 aromatic heterocycles. The summed E-state index contributed by atoms with van der Waals surface area (Å²) in [6.07, 6.45) is 19.5. The van der Waals surface area contributed by atoms with E-state index in [1.54, 1.807) is 0 Å². The zero-order valence-corrected chi connectivity index (χ0v) is 22.0. The zero-order valence-electron chi connectivity index (χ0n) is 19.3. The normalized spacial score (nSPS) is 14.3. The Labute approximate surface area is 178 Å². The number of hydrogen-bond acceptors (Lipinski definition) is 4. The standard InChI is InChI=1S/C22H48AsO4P/c1-5-6-7-8-9-10-11-12-13-14-15-16-17-18-19-21-26-28(24,25)27-22-20-23(2,3)4/h5-22H2,1-4H3. The van der Waals surface area contributed by atoms with Gasteiger partial charge in [-0.05, 0) is 0 Å². The summed E-state index contributed by atoms with van der Waals surface area (Å²) in [5.41, 5.74) is 6.69. The van der Waals surface area contributed by atoms with Gasteiger partial charge in [0.05, 0.1) is 0 Å². The molecule has 0 rings (SSSR count). The van der Waals surface area contributed by atoms with Gasteiger partial charge in [0.25, 0.3) is 0 Å². The third kappa shape index (κ3) is 23.0. The van der Waals surface area contributed by atoms with Gasteiger partial charge in [-0.3, -0.25) is 0 Å². The minimum absolute atomic E-state index is 0.259. The van der Waals surface area contributed by atoms with Gasteiger partial charge in [0.15, 0.2) is 0 Å². The van der Waals surface area contributed by atoms with Crippen molar-refractivity contribution < 1.29 is 18.5 Å². The Morgan fingerprint density at radius 2 is 1.00 bits per heavy atom. The van der Waals surface area contributed by atoms with Crippen LogP contribution in [0.3, 0.4) is 0 Å². The van der Waals surface area contributed by atoms with Crippen LogP contribution in [-0.2, 0) is 13.6 Å². The van der Waals surface area contributed by atoms with Gasteiger partial charge in [-0.1, -0.05) is 64.7 Å². The maximum atomic E-state index is 11.7. The third-order valence-electron chi connectivity index (χ3n) is 5.01. The summed E-state index contributed by atoms with van der Waals surface area (Å²) in [6.45, 7) is 2.80. The Morgan fingerprint density at radius 3 is 1.39 bits per heavy atom. The van der Waals surface area contributed by atoms with E-state index < -0.39 is 21.4 Å². The first-order chi connectivity index (χ1) is 13.3. The summed E-state index contributed by atoms with van der Waals surface area (Å²) in [5.74, 6) is 0. The molecule has 1 atom stereocenters. The van der Waals surface area contributed by atoms with Crippen LogP contribution in [0, 0.1) is 0 Å². The fraction of sp³-hybridized carbons (Fsp3) is 1.00. The van der Waals surface area contributed by atoms with E-state index in [9.17, 15) is 9.46 Å². The van der Waals surface area contributed by atoms with Crippen molar-refractivity contribution in [2.24, 2.45) is 0 Å². The topological polar surface area (TPSA) is 58.6 Å². The van der Waals surface area contributed by atoms with Crippen molar-refractivity contribution in [2.45, 2.75) is 126 Å². The first-order valence-corrected chi connectivity index (χ1v) is 20.1. The molecule has 4 nitrogen and oxygen atoms in total. The summed E-state index contributed by atoms with van der Waals surface area (Å²) in [6, 6.07) is 0. The first kappa shape index (κ1) is 28.7. The second-order valence-corrected chi connectivity index (χ2v) is 21.0. The first-order valence-electron chi connectivity index (χ1n) is 11.7. The fourth-order valence-electron chi connectivity index (χ4n) is 3.11. The van der Waals surface area contributed by atoms with E-state index in [1.165, 1.54) is 83.5 Å². The Bertz CT molecular complexity index is 385. The second kappa shape index (κ2) is 18.4. The summed E-state index contributed by atoms with van der Waals surface area (Å²) >= 11 is -1.59. The molecule has 0 heterocycles. The summed E-state index contributed by atoms with van der Waals surface area (Å²) in [5, 5.41) is 0.868. The van der Waals surface area contributed by atoms with E-state index in [0.717, 1.165) is 18.1 Å². The van der Waals surface area contributed by atoms with Gasteiger partial charge in [-0.15, -0.1) is 0 Å². The van der Waals surface area contributed by atoms with Crippen LogP contribution in [0.1, 0.15) is 103 Å². The molecule has 0 saturated carbocycles. The van der Waals surface area contributed by atoms with Crippen LogP contribution in [0.4, 0.5) is 0 Å². The quantitative estimate of drug-likeness (QED) is 0.0956. The molecule has 6 heteroatoms. The third-order valence-corrected chi connectivity index (χ3v) is 9.20. The van der Waals surface area contributed by atoms with E-state index in [4.69, 9.17) is 9.05 Å². The molecule has 0 aliphatic carbocycles. The molecular weight excluding hydrogens is 434 g/mol. The Kier molecular flexibility index (Phi) is 18.9. The molecule has 0 aliphatic heterocycles. The fourth-order valence-corrected chi connectivity index (χ4v) is 5.51. The molecule has 0 aromatic carbocycles. The molecule has 170 valence electrons. The van der Waals surface area contributed by atoms with Gasteiger partial charge in [-0.25, -0.2) is 0 Å². The maximum absolute atomic E-state index is 11.7. The van der Waals surface area contributed by atoms with Crippen molar-refractivity contribution >= 4 is 21.4 Å². The SMILES string of the molecule is CCCCCCCCCCCCCCCCCOP(=O)([O-])OCC[As+](C)(C)C. The van der Waals surface area contributed by atoms with Crippen molar-refractivity contribution in [3.63, 3.8) is 0 Å². The number of phosphoric acid groups is 1. The van der Waals surface area contributed by atoms with Crippen LogP contribution in [0.25, 0.3) is 0 Å². The van der Waals surface area contributed by atoms with E-state index in [0.29, 0.717) is 0 Å². The molecule has 0 aromatic rings. The van der Waals surface area contributed by atoms with Gasteiger partial charge in [-0.2, -0.15) is 0 Å². The van der Waals surface area contributed by atoms with E-state index in [2.05, 4.69) is 24.1 Å². The molecule has 0 N–H and O–H groups in total. The van der Waals surface area contributed by atoms with Crippen molar-refractivity contribution in [1.82, 2.24) is 0 Å². The van der Waals surface area contributed by atoms with Gasteiger partial charge in [0.2, 0.25) is 0 Å². The zero-order chi connectivity index (χ0) is 21.1. The van der Waals surface area contributed by atoms with Crippen LogP contribution < -0.4 is 4.89 Å². The summed E-state index contributed by atoms with van der Waals surface area (Å²) in [7, 11) is -4.09. The average molecular weight is 483 g/mol. The average Bonchev–Trinajstić information content (AvgIpc) is 2.60. The van der Waals surface area contributed by atoms with E-state index >= 15 is 0 Å². The van der Waals surface area contributed by atoms with Gasteiger partial charge >= 0.3 is 114 Å². The predicted octanol–water partition coefficient (Wildman–Crippen LogP) is 7.70. The van der Waals surface area contributed by atoms with E-state index in [-0.39, 0.29) is 13.2 Å². The molecule has 0 radical (unpaired) electrons. The molecule has 1 unspecified atom stereocenters. The summed E-state index contributed by atoms with van der Waals surface area (Å²) < 4.78 is 21.6. The molecule has 0 saturated heterocycles. The van der Waals surface area contributed by atoms with Crippen molar-refractivity contribution in [3.8, 4) is 0 Å². The van der Waals surface area contributed by atoms with Crippen LogP contribution in [0.5, 0.6) is 0 Å². The number of rotatable bonds is 21. The Hall–Kier alpha value is 0.668. The van der Waals surface area contributed by atoms with Crippen molar-refractivity contribution in [2.75, 3.05) is 13.2 Å². The van der Waals surface area contributed by atoms with Crippen LogP contribution in [0.15, 0.2) is 0 Å². The minimum atomic E-state index is -4.09. The molecule has 0 spiro atoms.